The summed E-state index contributed by atoms with van der Waals surface area (Å²) in [6.45, 7) is 5.43. The van der Waals surface area contributed by atoms with E-state index in [0.717, 1.165) is 22.7 Å². The predicted octanol–water partition coefficient (Wildman–Crippen LogP) is 1.34. The molecule has 1 aromatic heterocycles. The molecule has 2 heterocycles. The van der Waals surface area contributed by atoms with Crippen molar-refractivity contribution in [1.29, 1.82) is 0 Å². The average Bonchev–Trinajstić information content (AvgIpc) is 2.93. The van der Waals surface area contributed by atoms with Crippen LogP contribution in [0.3, 0.4) is 0 Å². The van der Waals surface area contributed by atoms with E-state index in [4.69, 9.17) is 0 Å². The summed E-state index contributed by atoms with van der Waals surface area (Å²) in [4.78, 5) is 30.0. The first-order chi connectivity index (χ1) is 10.1. The molecule has 0 bridgehead atoms. The molecule has 0 radical (unpaired) electrons. The van der Waals surface area contributed by atoms with Crippen molar-refractivity contribution >= 4 is 23.2 Å². The van der Waals surface area contributed by atoms with Crippen LogP contribution in [-0.4, -0.2) is 61.4 Å². The Hall–Kier alpha value is -1.40. The Labute approximate surface area is 129 Å². The van der Waals surface area contributed by atoms with Gasteiger partial charge in [-0.3, -0.25) is 9.59 Å². The predicted molar refractivity (Wildman–Crippen MR) is 84.7 cm³/mol. The summed E-state index contributed by atoms with van der Waals surface area (Å²) in [7, 11) is 1.89. The number of amides is 2. The van der Waals surface area contributed by atoms with E-state index in [9.17, 15) is 9.59 Å². The highest BCUT2D eigenvalue weighted by atomic mass is 32.1. The third kappa shape index (κ3) is 4.28. The zero-order chi connectivity index (χ0) is 15.2. The number of nitrogens with one attached hydrogen (secondary N) is 1. The zero-order valence-corrected chi connectivity index (χ0v) is 13.5. The molecule has 1 N–H and O–H groups in total. The number of rotatable bonds is 5. The lowest BCUT2D eigenvalue weighted by molar-refractivity contribution is -0.132. The molecule has 116 valence electrons. The van der Waals surface area contributed by atoms with E-state index in [0.29, 0.717) is 32.6 Å². The maximum Gasteiger partial charge on any atom is 0.264 e. The Kier molecular flexibility index (Phi) is 5.76. The Morgan fingerprint density at radius 3 is 2.43 bits per heavy atom. The first kappa shape index (κ1) is 16.0. The third-order valence-electron chi connectivity index (χ3n) is 3.69. The van der Waals surface area contributed by atoms with Crippen molar-refractivity contribution in [2.24, 2.45) is 0 Å². The highest BCUT2D eigenvalue weighted by Gasteiger charge is 2.25. The molecule has 2 rings (SSSR count). The van der Waals surface area contributed by atoms with E-state index in [1.165, 1.54) is 11.3 Å². The van der Waals surface area contributed by atoms with Crippen molar-refractivity contribution in [2.75, 3.05) is 39.8 Å². The summed E-state index contributed by atoms with van der Waals surface area (Å²) in [5.74, 6) is 0.291. The van der Waals surface area contributed by atoms with Crippen molar-refractivity contribution in [3.05, 3.63) is 21.9 Å². The van der Waals surface area contributed by atoms with Gasteiger partial charge in [0.05, 0.1) is 4.88 Å². The summed E-state index contributed by atoms with van der Waals surface area (Å²) in [6, 6.07) is 3.86. The van der Waals surface area contributed by atoms with Gasteiger partial charge in [0, 0.05) is 37.5 Å². The van der Waals surface area contributed by atoms with Gasteiger partial charge in [0.2, 0.25) is 5.91 Å². The lowest BCUT2D eigenvalue weighted by atomic mass is 10.2. The Bertz CT molecular complexity index is 493. The first-order valence-electron chi connectivity index (χ1n) is 7.40. The van der Waals surface area contributed by atoms with Crippen LogP contribution >= 0.6 is 11.3 Å². The molecule has 0 saturated carbocycles. The number of thiophene rings is 1. The topological polar surface area (TPSA) is 52.7 Å². The smallest absolute Gasteiger partial charge is 0.264 e. The number of carbonyl (C=O) groups is 2. The molecule has 5 nitrogen and oxygen atoms in total. The average molecular weight is 309 g/mol. The molecule has 1 fully saturated rings. The largest absolute Gasteiger partial charge is 0.339 e. The lowest BCUT2D eigenvalue weighted by Gasteiger charge is -2.34. The number of aryl methyl sites for hydroxylation is 1. The fourth-order valence-corrected chi connectivity index (χ4v) is 3.27. The lowest BCUT2D eigenvalue weighted by Crippen LogP contribution is -2.50. The molecule has 0 atom stereocenters. The van der Waals surface area contributed by atoms with Gasteiger partial charge in [-0.05, 0) is 39.1 Å². The summed E-state index contributed by atoms with van der Waals surface area (Å²) < 4.78 is 0. The highest BCUT2D eigenvalue weighted by Crippen LogP contribution is 2.18. The van der Waals surface area contributed by atoms with E-state index < -0.39 is 0 Å². The van der Waals surface area contributed by atoms with Crippen LogP contribution in [0.15, 0.2) is 12.1 Å². The molecule has 1 aromatic rings. The number of hydrogen-bond donors (Lipinski definition) is 1. The standard InChI is InChI=1S/C15H23N3O2S/c1-12-5-6-13(21-12)15(20)18-10-8-17(9-11-18)14(19)4-3-7-16-2/h5-6,16H,3-4,7-11H2,1-2H3. The third-order valence-corrected chi connectivity index (χ3v) is 4.68. The molecule has 0 aliphatic carbocycles. The van der Waals surface area contributed by atoms with E-state index in [-0.39, 0.29) is 11.8 Å². The Morgan fingerprint density at radius 1 is 1.19 bits per heavy atom. The van der Waals surface area contributed by atoms with Gasteiger partial charge in [0.1, 0.15) is 0 Å². The quantitative estimate of drug-likeness (QED) is 0.835. The van der Waals surface area contributed by atoms with E-state index in [2.05, 4.69) is 5.32 Å². The molecule has 6 heteroatoms. The van der Waals surface area contributed by atoms with Crippen molar-refractivity contribution in [3.8, 4) is 0 Å². The minimum atomic E-state index is 0.0929. The van der Waals surface area contributed by atoms with Crippen molar-refractivity contribution in [3.63, 3.8) is 0 Å². The van der Waals surface area contributed by atoms with Gasteiger partial charge in [0.15, 0.2) is 0 Å². The van der Waals surface area contributed by atoms with Crippen molar-refractivity contribution in [1.82, 2.24) is 15.1 Å². The molecule has 0 aromatic carbocycles. The van der Waals surface area contributed by atoms with Crippen LogP contribution < -0.4 is 5.32 Å². The van der Waals surface area contributed by atoms with Crippen LogP contribution in [0.5, 0.6) is 0 Å². The van der Waals surface area contributed by atoms with Gasteiger partial charge in [-0.15, -0.1) is 11.3 Å². The molecular formula is C15H23N3O2S. The highest BCUT2D eigenvalue weighted by molar-refractivity contribution is 7.13. The van der Waals surface area contributed by atoms with E-state index in [1.54, 1.807) is 0 Å². The van der Waals surface area contributed by atoms with Crippen LogP contribution in [0, 0.1) is 6.92 Å². The number of hydrogen-bond acceptors (Lipinski definition) is 4. The first-order valence-corrected chi connectivity index (χ1v) is 8.21. The number of nitrogens with zero attached hydrogens (tertiary/aromatic N) is 2. The van der Waals surface area contributed by atoms with Crippen molar-refractivity contribution in [2.45, 2.75) is 19.8 Å². The van der Waals surface area contributed by atoms with Crippen LogP contribution in [0.1, 0.15) is 27.4 Å². The van der Waals surface area contributed by atoms with Gasteiger partial charge in [0.25, 0.3) is 5.91 Å². The summed E-state index contributed by atoms with van der Waals surface area (Å²) in [5.41, 5.74) is 0. The van der Waals surface area contributed by atoms with Crippen LogP contribution in [0.2, 0.25) is 0 Å². The van der Waals surface area contributed by atoms with Crippen LogP contribution in [-0.2, 0) is 4.79 Å². The van der Waals surface area contributed by atoms with Crippen LogP contribution in [0.4, 0.5) is 0 Å². The second-order valence-electron chi connectivity index (χ2n) is 5.29. The molecule has 1 saturated heterocycles. The second kappa shape index (κ2) is 7.56. The van der Waals surface area contributed by atoms with Crippen LogP contribution in [0.25, 0.3) is 0 Å². The molecule has 1 aliphatic rings. The monoisotopic (exact) mass is 309 g/mol. The fraction of sp³-hybridized carbons (Fsp3) is 0.600. The van der Waals surface area contributed by atoms with E-state index >= 15 is 0 Å². The molecule has 21 heavy (non-hydrogen) atoms. The van der Waals surface area contributed by atoms with Crippen molar-refractivity contribution < 1.29 is 9.59 Å². The summed E-state index contributed by atoms with van der Waals surface area (Å²) in [5, 5.41) is 3.05. The van der Waals surface area contributed by atoms with Gasteiger partial charge in [-0.2, -0.15) is 0 Å². The van der Waals surface area contributed by atoms with Gasteiger partial charge < -0.3 is 15.1 Å². The minimum absolute atomic E-state index is 0.0929. The molecular weight excluding hydrogens is 286 g/mol. The fourth-order valence-electron chi connectivity index (χ4n) is 2.44. The van der Waals surface area contributed by atoms with Gasteiger partial charge in [-0.25, -0.2) is 0 Å². The summed E-state index contributed by atoms with van der Waals surface area (Å²) in [6.07, 6.45) is 1.45. The molecule has 2 amide bonds. The maximum atomic E-state index is 12.3. The maximum absolute atomic E-state index is 12.3. The summed E-state index contributed by atoms with van der Waals surface area (Å²) >= 11 is 1.53. The molecule has 0 unspecified atom stereocenters. The molecule has 0 spiro atoms. The minimum Gasteiger partial charge on any atom is -0.339 e. The Morgan fingerprint density at radius 2 is 1.86 bits per heavy atom. The zero-order valence-electron chi connectivity index (χ0n) is 12.7. The normalized spacial score (nSPS) is 15.3. The Balaban J connectivity index is 1.80. The molecule has 1 aliphatic heterocycles. The van der Waals surface area contributed by atoms with E-state index in [1.807, 2.05) is 35.9 Å². The SMILES string of the molecule is CNCCCC(=O)N1CCN(C(=O)c2ccc(C)s2)CC1. The second-order valence-corrected chi connectivity index (χ2v) is 6.58. The van der Waals surface area contributed by atoms with Gasteiger partial charge in [-0.1, -0.05) is 0 Å². The van der Waals surface area contributed by atoms with Gasteiger partial charge >= 0.3 is 0 Å². The number of piperazine rings is 1. The number of carbonyl (C=O) groups excluding carboxylic acids is 2.